The fraction of sp³-hybridized carbons (Fsp3) is 0.100. The zero-order valence-electron chi connectivity index (χ0n) is 15.7. The molecule has 0 bridgehead atoms. The molecule has 1 aromatic heterocycles. The van der Waals surface area contributed by atoms with Crippen molar-refractivity contribution in [2.24, 2.45) is 5.10 Å². The van der Waals surface area contributed by atoms with Gasteiger partial charge < -0.3 is 9.47 Å². The van der Waals surface area contributed by atoms with Gasteiger partial charge in [-0.15, -0.1) is 0 Å². The first kappa shape index (κ1) is 21.7. The van der Waals surface area contributed by atoms with Crippen LogP contribution < -0.4 is 14.9 Å². The van der Waals surface area contributed by atoms with Crippen LogP contribution in [-0.2, 0) is 6.61 Å². The second kappa shape index (κ2) is 10.2. The predicted molar refractivity (Wildman–Crippen MR) is 121 cm³/mol. The summed E-state index contributed by atoms with van der Waals surface area (Å²) in [4.78, 5) is 14.1. The number of nitrogens with zero attached hydrogens (tertiary/aromatic N) is 3. The number of nitro groups is 1. The largest absolute Gasteiger partial charge is 0.493 e. The lowest BCUT2D eigenvalue weighted by Crippen LogP contribution is -2.00. The van der Waals surface area contributed by atoms with Crippen molar-refractivity contribution in [3.05, 3.63) is 84.9 Å². The molecule has 0 amide bonds. The van der Waals surface area contributed by atoms with Gasteiger partial charge in [-0.05, 0) is 51.8 Å². The average molecular weight is 536 g/mol. The topological polar surface area (TPSA) is 98.9 Å². The minimum atomic E-state index is -0.510. The Morgan fingerprint density at radius 3 is 2.57 bits per heavy atom. The van der Waals surface area contributed by atoms with Gasteiger partial charge in [0.1, 0.15) is 18.6 Å². The standard InChI is InChI=1S/C20H16Br2N4O4/c1-29-18-8-14(10-24-25-20-7-6-16(11-23-20)26(27)28)17(22)9-19(18)30-12-13-2-4-15(21)5-3-13/h2-11H,12H2,1H3,(H,23,25). The molecule has 10 heteroatoms. The molecule has 1 N–H and O–H groups in total. The van der Waals surface area contributed by atoms with Crippen LogP contribution in [0, 0.1) is 10.1 Å². The highest BCUT2D eigenvalue weighted by Gasteiger charge is 2.10. The smallest absolute Gasteiger partial charge is 0.287 e. The highest BCUT2D eigenvalue weighted by molar-refractivity contribution is 9.10. The SMILES string of the molecule is COc1cc(C=NNc2ccc([N+](=O)[O-])cn2)c(Br)cc1OCc1ccc(Br)cc1. The van der Waals surface area contributed by atoms with E-state index in [9.17, 15) is 10.1 Å². The number of hydrazone groups is 1. The number of benzene rings is 2. The van der Waals surface area contributed by atoms with Crippen molar-refractivity contribution in [3.8, 4) is 11.5 Å². The molecule has 0 atom stereocenters. The van der Waals surface area contributed by atoms with Crippen LogP contribution >= 0.6 is 31.9 Å². The fourth-order valence-electron chi connectivity index (χ4n) is 2.39. The van der Waals surface area contributed by atoms with Gasteiger partial charge >= 0.3 is 0 Å². The Hall–Kier alpha value is -2.98. The van der Waals surface area contributed by atoms with Crippen LogP contribution in [-0.4, -0.2) is 23.2 Å². The summed E-state index contributed by atoms with van der Waals surface area (Å²) in [5, 5.41) is 14.8. The molecule has 0 saturated carbocycles. The molecule has 0 fully saturated rings. The summed E-state index contributed by atoms with van der Waals surface area (Å²) in [5.41, 5.74) is 4.42. The molecule has 0 aliphatic carbocycles. The highest BCUT2D eigenvalue weighted by atomic mass is 79.9. The number of ether oxygens (including phenoxy) is 2. The molecule has 3 rings (SSSR count). The zero-order valence-corrected chi connectivity index (χ0v) is 18.9. The lowest BCUT2D eigenvalue weighted by atomic mass is 10.2. The molecule has 30 heavy (non-hydrogen) atoms. The first-order valence-electron chi connectivity index (χ1n) is 8.60. The minimum absolute atomic E-state index is 0.0873. The number of aromatic nitrogens is 1. The minimum Gasteiger partial charge on any atom is -0.493 e. The third kappa shape index (κ3) is 5.77. The highest BCUT2D eigenvalue weighted by Crippen LogP contribution is 2.33. The Labute approximate surface area is 189 Å². The molecule has 1 heterocycles. The normalized spacial score (nSPS) is 10.8. The molecule has 154 valence electrons. The summed E-state index contributed by atoms with van der Waals surface area (Å²) in [6.45, 7) is 0.400. The lowest BCUT2D eigenvalue weighted by molar-refractivity contribution is -0.385. The Morgan fingerprint density at radius 2 is 1.93 bits per heavy atom. The molecule has 0 aliphatic rings. The summed E-state index contributed by atoms with van der Waals surface area (Å²) < 4.78 is 13.1. The van der Waals surface area contributed by atoms with E-state index in [0.29, 0.717) is 23.9 Å². The number of pyridine rings is 1. The number of nitrogens with one attached hydrogen (secondary N) is 1. The molecule has 0 saturated heterocycles. The van der Waals surface area contributed by atoms with Crippen molar-refractivity contribution in [3.63, 3.8) is 0 Å². The van der Waals surface area contributed by atoms with E-state index in [-0.39, 0.29) is 5.69 Å². The van der Waals surface area contributed by atoms with Crippen molar-refractivity contribution in [1.82, 2.24) is 4.98 Å². The van der Waals surface area contributed by atoms with Crippen molar-refractivity contribution in [2.75, 3.05) is 12.5 Å². The Bertz CT molecular complexity index is 1060. The van der Waals surface area contributed by atoms with Gasteiger partial charge in [-0.2, -0.15) is 5.10 Å². The van der Waals surface area contributed by atoms with E-state index in [2.05, 4.69) is 47.4 Å². The van der Waals surface area contributed by atoms with E-state index in [1.165, 1.54) is 12.1 Å². The summed E-state index contributed by atoms with van der Waals surface area (Å²) in [7, 11) is 1.57. The number of methoxy groups -OCH3 is 1. The van der Waals surface area contributed by atoms with E-state index < -0.39 is 4.92 Å². The average Bonchev–Trinajstić information content (AvgIpc) is 2.75. The fourth-order valence-corrected chi connectivity index (χ4v) is 3.08. The summed E-state index contributed by atoms with van der Waals surface area (Å²) in [6, 6.07) is 14.3. The number of hydrogen-bond acceptors (Lipinski definition) is 7. The van der Waals surface area contributed by atoms with Crippen molar-refractivity contribution >= 4 is 49.6 Å². The van der Waals surface area contributed by atoms with E-state index in [1.807, 2.05) is 30.3 Å². The number of hydrogen-bond donors (Lipinski definition) is 1. The zero-order chi connectivity index (χ0) is 21.5. The van der Waals surface area contributed by atoms with Crippen LogP contribution in [0.4, 0.5) is 11.5 Å². The van der Waals surface area contributed by atoms with Gasteiger partial charge in [-0.3, -0.25) is 15.5 Å². The lowest BCUT2D eigenvalue weighted by Gasteiger charge is -2.13. The van der Waals surface area contributed by atoms with Crippen LogP contribution in [0.1, 0.15) is 11.1 Å². The molecule has 0 spiro atoms. The maximum absolute atomic E-state index is 10.7. The van der Waals surface area contributed by atoms with Crippen molar-refractivity contribution < 1.29 is 14.4 Å². The van der Waals surface area contributed by atoms with E-state index in [1.54, 1.807) is 19.4 Å². The summed E-state index contributed by atoms with van der Waals surface area (Å²) >= 11 is 6.92. The first-order valence-corrected chi connectivity index (χ1v) is 10.2. The number of anilines is 1. The Morgan fingerprint density at radius 1 is 1.17 bits per heavy atom. The molecule has 0 radical (unpaired) electrons. The van der Waals surface area contributed by atoms with Crippen LogP contribution in [0.5, 0.6) is 11.5 Å². The Kier molecular flexibility index (Phi) is 7.36. The maximum atomic E-state index is 10.7. The summed E-state index contributed by atoms with van der Waals surface area (Å²) in [6.07, 6.45) is 2.74. The van der Waals surface area contributed by atoms with Crippen molar-refractivity contribution in [2.45, 2.75) is 6.61 Å². The Balaban J connectivity index is 1.68. The van der Waals surface area contributed by atoms with Gasteiger partial charge in [0.2, 0.25) is 0 Å². The quantitative estimate of drug-likeness (QED) is 0.231. The number of halogens is 2. The van der Waals surface area contributed by atoms with Gasteiger partial charge in [0.25, 0.3) is 5.69 Å². The van der Waals surface area contributed by atoms with E-state index in [0.717, 1.165) is 26.3 Å². The van der Waals surface area contributed by atoms with Gasteiger partial charge in [-0.1, -0.05) is 28.1 Å². The van der Waals surface area contributed by atoms with Crippen molar-refractivity contribution in [1.29, 1.82) is 0 Å². The molecule has 3 aromatic rings. The maximum Gasteiger partial charge on any atom is 0.287 e. The summed E-state index contributed by atoms with van der Waals surface area (Å²) in [5.74, 6) is 1.54. The second-order valence-electron chi connectivity index (χ2n) is 5.97. The van der Waals surface area contributed by atoms with Gasteiger partial charge in [0, 0.05) is 20.6 Å². The third-order valence-corrected chi connectivity index (χ3v) is 5.15. The monoisotopic (exact) mass is 534 g/mol. The molecule has 2 aromatic carbocycles. The van der Waals surface area contributed by atoms with E-state index >= 15 is 0 Å². The van der Waals surface area contributed by atoms with Crippen LogP contribution in [0.2, 0.25) is 0 Å². The third-order valence-electron chi connectivity index (χ3n) is 3.93. The molecular weight excluding hydrogens is 520 g/mol. The van der Waals surface area contributed by atoms with Gasteiger partial charge in [0.15, 0.2) is 11.5 Å². The second-order valence-corrected chi connectivity index (χ2v) is 7.74. The van der Waals surface area contributed by atoms with Crippen LogP contribution in [0.15, 0.2) is 68.8 Å². The predicted octanol–water partition coefficient (Wildman–Crippen LogP) is 5.55. The molecule has 0 aliphatic heterocycles. The van der Waals surface area contributed by atoms with Crippen LogP contribution in [0.25, 0.3) is 0 Å². The van der Waals surface area contributed by atoms with Crippen LogP contribution in [0.3, 0.4) is 0 Å². The van der Waals surface area contributed by atoms with E-state index in [4.69, 9.17) is 9.47 Å². The first-order chi connectivity index (χ1) is 14.5. The van der Waals surface area contributed by atoms with Gasteiger partial charge in [0.05, 0.1) is 18.2 Å². The van der Waals surface area contributed by atoms with Gasteiger partial charge in [-0.25, -0.2) is 4.98 Å². The molecule has 0 unspecified atom stereocenters. The molecule has 8 nitrogen and oxygen atoms in total. The number of rotatable bonds is 8. The molecular formula is C20H16Br2N4O4.